The number of benzene rings is 2. The third-order valence-electron chi connectivity index (χ3n) is 4.92. The second-order valence-electron chi connectivity index (χ2n) is 7.07. The van der Waals surface area contributed by atoms with Crippen LogP contribution in [0, 0.1) is 12.7 Å². The minimum atomic E-state index is -1.07. The molecule has 8 nitrogen and oxygen atoms in total. The Morgan fingerprint density at radius 3 is 2.87 bits per heavy atom. The topological polar surface area (TPSA) is 108 Å². The number of ether oxygens (including phenoxy) is 2. The molecule has 1 N–H and O–H groups in total. The second-order valence-corrected chi connectivity index (χ2v) is 7.07. The molecule has 1 heterocycles. The lowest BCUT2D eigenvalue weighted by Gasteiger charge is -2.37. The lowest BCUT2D eigenvalue weighted by Crippen LogP contribution is -2.48. The van der Waals surface area contributed by atoms with Gasteiger partial charge in [-0.1, -0.05) is 47.1 Å². The SMILES string of the molecule is Cc1cccc(-c2c(F)cccc2[C@H](OC(C)N=[N+]=[N-])C2CN(C(=O)O)CCO2)c1. The molecule has 1 amide bonds. The molecule has 2 aromatic rings. The lowest BCUT2D eigenvalue weighted by atomic mass is 9.92. The maximum atomic E-state index is 15.0. The highest BCUT2D eigenvalue weighted by Crippen LogP contribution is 2.37. The number of aryl methyl sites for hydroxylation is 1. The van der Waals surface area contributed by atoms with Crippen LogP contribution in [0.2, 0.25) is 0 Å². The summed E-state index contributed by atoms with van der Waals surface area (Å²) < 4.78 is 26.8. The zero-order chi connectivity index (χ0) is 21.7. The molecule has 0 spiro atoms. The van der Waals surface area contributed by atoms with E-state index in [9.17, 15) is 9.90 Å². The first-order chi connectivity index (χ1) is 14.4. The summed E-state index contributed by atoms with van der Waals surface area (Å²) in [6.45, 7) is 3.94. The van der Waals surface area contributed by atoms with Gasteiger partial charge in [0, 0.05) is 17.0 Å². The Labute approximate surface area is 173 Å². The molecule has 0 bridgehead atoms. The molecule has 3 rings (SSSR count). The first-order valence-electron chi connectivity index (χ1n) is 9.55. The number of rotatable bonds is 6. The van der Waals surface area contributed by atoms with Gasteiger partial charge in [-0.3, -0.25) is 0 Å². The van der Waals surface area contributed by atoms with Gasteiger partial charge in [-0.15, -0.1) is 0 Å². The summed E-state index contributed by atoms with van der Waals surface area (Å²) in [4.78, 5) is 15.5. The lowest BCUT2D eigenvalue weighted by molar-refractivity contribution is -0.125. The van der Waals surface area contributed by atoms with Crippen molar-refractivity contribution in [2.75, 3.05) is 19.7 Å². The predicted molar refractivity (Wildman–Crippen MR) is 108 cm³/mol. The summed E-state index contributed by atoms with van der Waals surface area (Å²) >= 11 is 0. The van der Waals surface area contributed by atoms with Gasteiger partial charge in [0.1, 0.15) is 24.3 Å². The molecule has 1 fully saturated rings. The fraction of sp³-hybridized carbons (Fsp3) is 0.381. The van der Waals surface area contributed by atoms with Crippen LogP contribution in [0.1, 0.15) is 24.2 Å². The summed E-state index contributed by atoms with van der Waals surface area (Å²) in [7, 11) is 0. The number of hydrogen-bond acceptors (Lipinski definition) is 4. The Balaban J connectivity index is 2.08. The Hall–Kier alpha value is -3.13. The highest BCUT2D eigenvalue weighted by atomic mass is 19.1. The minimum Gasteiger partial charge on any atom is -0.465 e. The van der Waals surface area contributed by atoms with Crippen molar-refractivity contribution in [3.8, 4) is 11.1 Å². The first kappa shape index (κ1) is 21.6. The van der Waals surface area contributed by atoms with Crippen LogP contribution in [0.15, 0.2) is 47.6 Å². The van der Waals surface area contributed by atoms with Gasteiger partial charge in [-0.05, 0) is 36.6 Å². The number of carbonyl (C=O) groups is 1. The number of azide groups is 1. The molecule has 0 saturated carbocycles. The second kappa shape index (κ2) is 9.58. The molecule has 3 atom stereocenters. The number of amides is 1. The molecule has 2 aromatic carbocycles. The largest absolute Gasteiger partial charge is 0.465 e. The van der Waals surface area contributed by atoms with Gasteiger partial charge in [-0.2, -0.15) is 0 Å². The van der Waals surface area contributed by atoms with Crippen molar-refractivity contribution < 1.29 is 23.8 Å². The van der Waals surface area contributed by atoms with Crippen LogP contribution >= 0.6 is 0 Å². The number of morpholine rings is 1. The summed E-state index contributed by atoms with van der Waals surface area (Å²) in [5.74, 6) is -0.436. The number of carboxylic acid groups (broad SMARTS) is 1. The van der Waals surface area contributed by atoms with Gasteiger partial charge in [0.2, 0.25) is 0 Å². The highest BCUT2D eigenvalue weighted by molar-refractivity contribution is 5.69. The minimum absolute atomic E-state index is 0.0484. The molecule has 1 aliphatic heterocycles. The first-order valence-corrected chi connectivity index (χ1v) is 9.55. The van der Waals surface area contributed by atoms with E-state index in [1.54, 1.807) is 25.1 Å². The number of nitrogens with zero attached hydrogens (tertiary/aromatic N) is 4. The van der Waals surface area contributed by atoms with Crippen molar-refractivity contribution in [2.45, 2.75) is 32.3 Å². The molecular formula is C21H23FN4O4. The van der Waals surface area contributed by atoms with E-state index in [1.807, 2.05) is 25.1 Å². The number of hydrogen-bond donors (Lipinski definition) is 1. The van der Waals surface area contributed by atoms with Gasteiger partial charge in [0.15, 0.2) is 0 Å². The van der Waals surface area contributed by atoms with E-state index in [1.165, 1.54) is 11.0 Å². The van der Waals surface area contributed by atoms with Crippen LogP contribution in [-0.4, -0.2) is 48.1 Å². The van der Waals surface area contributed by atoms with E-state index in [0.717, 1.165) is 5.56 Å². The fourth-order valence-corrected chi connectivity index (χ4v) is 3.59. The average molecular weight is 414 g/mol. The molecule has 9 heteroatoms. The van der Waals surface area contributed by atoms with Gasteiger partial charge in [0.25, 0.3) is 0 Å². The van der Waals surface area contributed by atoms with Crippen molar-refractivity contribution >= 4 is 6.09 Å². The Kier molecular flexibility index (Phi) is 6.89. The van der Waals surface area contributed by atoms with Gasteiger partial charge in [-0.25, -0.2) is 9.18 Å². The fourth-order valence-electron chi connectivity index (χ4n) is 3.59. The summed E-state index contributed by atoms with van der Waals surface area (Å²) in [6.07, 6.45) is -3.48. The third-order valence-corrected chi connectivity index (χ3v) is 4.92. The van der Waals surface area contributed by atoms with E-state index in [-0.39, 0.29) is 19.7 Å². The Morgan fingerprint density at radius 2 is 2.17 bits per heavy atom. The average Bonchev–Trinajstić information content (AvgIpc) is 2.72. The quantitative estimate of drug-likeness (QED) is 0.412. The Bertz CT molecular complexity index is 964. The van der Waals surface area contributed by atoms with Crippen LogP contribution in [0.4, 0.5) is 9.18 Å². The maximum Gasteiger partial charge on any atom is 0.407 e. The molecule has 158 valence electrons. The maximum absolute atomic E-state index is 15.0. The van der Waals surface area contributed by atoms with Crippen LogP contribution in [-0.2, 0) is 9.47 Å². The molecular weight excluding hydrogens is 391 g/mol. The summed E-state index contributed by atoms with van der Waals surface area (Å²) in [6, 6.07) is 12.1. The highest BCUT2D eigenvalue weighted by Gasteiger charge is 2.35. The van der Waals surface area contributed by atoms with Crippen LogP contribution in [0.5, 0.6) is 0 Å². The van der Waals surface area contributed by atoms with E-state index in [0.29, 0.717) is 16.7 Å². The van der Waals surface area contributed by atoms with Gasteiger partial charge in [0.05, 0.1) is 13.2 Å². The molecule has 30 heavy (non-hydrogen) atoms. The predicted octanol–water partition coefficient (Wildman–Crippen LogP) is 4.89. The normalized spacial score (nSPS) is 18.4. The van der Waals surface area contributed by atoms with Crippen molar-refractivity contribution in [2.24, 2.45) is 5.11 Å². The zero-order valence-electron chi connectivity index (χ0n) is 16.7. The molecule has 1 saturated heterocycles. The summed E-state index contributed by atoms with van der Waals surface area (Å²) in [5.41, 5.74) is 11.2. The molecule has 0 radical (unpaired) electrons. The smallest absolute Gasteiger partial charge is 0.407 e. The monoisotopic (exact) mass is 414 g/mol. The standard InChI is InChI=1S/C21H23FN4O4/c1-13-5-3-6-15(11-13)19-16(7-4-8-17(19)22)20(30-14(2)24-25-23)18-12-26(21(27)28)9-10-29-18/h3-8,11,14,18,20H,9-10,12H2,1-2H3,(H,27,28)/t14?,18?,20-/m0/s1. The van der Waals surface area contributed by atoms with Crippen LogP contribution in [0.3, 0.4) is 0 Å². The molecule has 2 unspecified atom stereocenters. The molecule has 1 aliphatic rings. The van der Waals surface area contributed by atoms with E-state index in [2.05, 4.69) is 10.0 Å². The van der Waals surface area contributed by atoms with Gasteiger partial charge < -0.3 is 19.5 Å². The Morgan fingerprint density at radius 1 is 1.40 bits per heavy atom. The van der Waals surface area contributed by atoms with Crippen molar-refractivity contribution in [3.63, 3.8) is 0 Å². The van der Waals surface area contributed by atoms with Crippen molar-refractivity contribution in [3.05, 3.63) is 69.9 Å². The zero-order valence-corrected chi connectivity index (χ0v) is 16.7. The van der Waals surface area contributed by atoms with Crippen molar-refractivity contribution in [1.29, 1.82) is 0 Å². The summed E-state index contributed by atoms with van der Waals surface area (Å²) in [5, 5.41) is 12.9. The van der Waals surface area contributed by atoms with E-state index < -0.39 is 30.3 Å². The number of halogens is 1. The van der Waals surface area contributed by atoms with Crippen molar-refractivity contribution in [1.82, 2.24) is 4.90 Å². The van der Waals surface area contributed by atoms with Gasteiger partial charge >= 0.3 is 6.09 Å². The van der Waals surface area contributed by atoms with Crippen LogP contribution in [0.25, 0.3) is 21.6 Å². The van der Waals surface area contributed by atoms with E-state index in [4.69, 9.17) is 15.0 Å². The molecule has 0 aromatic heterocycles. The third kappa shape index (κ3) is 4.88. The van der Waals surface area contributed by atoms with Crippen LogP contribution < -0.4 is 0 Å². The molecule has 0 aliphatic carbocycles. The van der Waals surface area contributed by atoms with E-state index >= 15 is 4.39 Å².